The fourth-order valence-corrected chi connectivity index (χ4v) is 3.92. The van der Waals surface area contributed by atoms with E-state index < -0.39 is 39.5 Å². The van der Waals surface area contributed by atoms with Gasteiger partial charge in [0, 0.05) is 10.7 Å². The van der Waals surface area contributed by atoms with Crippen LogP contribution in [0.5, 0.6) is 5.75 Å². The van der Waals surface area contributed by atoms with Gasteiger partial charge < -0.3 is 10.1 Å². The molecular formula is C17H15ClF4N2O4S. The minimum atomic E-state index is -4.96. The van der Waals surface area contributed by atoms with Crippen LogP contribution >= 0.6 is 11.6 Å². The van der Waals surface area contributed by atoms with Crippen molar-refractivity contribution in [2.45, 2.75) is 24.0 Å². The number of carbonyl (C=O) groups excluding carboxylic acids is 1. The summed E-state index contributed by atoms with van der Waals surface area (Å²) in [6, 6.07) is 4.33. The van der Waals surface area contributed by atoms with Crippen molar-refractivity contribution in [3.8, 4) is 5.75 Å². The minimum Gasteiger partial charge on any atom is -0.495 e. The second-order valence-corrected chi connectivity index (χ2v) is 7.94. The van der Waals surface area contributed by atoms with Crippen molar-refractivity contribution in [1.29, 1.82) is 0 Å². The molecule has 0 bridgehead atoms. The number of halogens is 5. The Morgan fingerprint density at radius 2 is 1.83 bits per heavy atom. The van der Waals surface area contributed by atoms with Gasteiger partial charge in [-0.25, -0.2) is 12.8 Å². The number of hydrogen-bond donors (Lipinski definition) is 2. The minimum absolute atomic E-state index is 0.0251. The summed E-state index contributed by atoms with van der Waals surface area (Å²) in [5.41, 5.74) is -1.91. The van der Waals surface area contributed by atoms with Crippen LogP contribution in [0.2, 0.25) is 5.02 Å². The third-order valence-corrected chi connectivity index (χ3v) is 5.48. The van der Waals surface area contributed by atoms with Crippen molar-refractivity contribution < 1.29 is 35.5 Å². The summed E-state index contributed by atoms with van der Waals surface area (Å²) in [7, 11) is -3.02. The van der Waals surface area contributed by atoms with Crippen molar-refractivity contribution in [2.24, 2.45) is 0 Å². The highest BCUT2D eigenvalue weighted by Gasteiger charge is 2.34. The number of amides is 1. The van der Waals surface area contributed by atoms with E-state index in [-0.39, 0.29) is 21.4 Å². The Labute approximate surface area is 168 Å². The van der Waals surface area contributed by atoms with E-state index in [0.29, 0.717) is 12.1 Å². The summed E-state index contributed by atoms with van der Waals surface area (Å²) in [6.45, 7) is 1.18. The Morgan fingerprint density at radius 3 is 2.41 bits per heavy atom. The number of ether oxygens (including phenoxy) is 1. The molecule has 0 aliphatic carbocycles. The average molecular weight is 455 g/mol. The molecule has 0 heterocycles. The van der Waals surface area contributed by atoms with Crippen molar-refractivity contribution >= 4 is 33.2 Å². The van der Waals surface area contributed by atoms with Gasteiger partial charge in [0.1, 0.15) is 16.5 Å². The SMILES string of the molecule is COc1ccc(Cl)cc1S(=O)(=O)N[C@@H](C)C(=O)Nc1ccc(F)c(C(F)(F)F)c1. The van der Waals surface area contributed by atoms with Gasteiger partial charge in [-0.1, -0.05) is 11.6 Å². The summed E-state index contributed by atoms with van der Waals surface area (Å²) >= 11 is 5.80. The highest BCUT2D eigenvalue weighted by atomic mass is 35.5. The van der Waals surface area contributed by atoms with Gasteiger partial charge in [-0.3, -0.25) is 4.79 Å². The highest BCUT2D eigenvalue weighted by Crippen LogP contribution is 2.33. The summed E-state index contributed by atoms with van der Waals surface area (Å²) in [5, 5.41) is 2.21. The summed E-state index contributed by atoms with van der Waals surface area (Å²) in [6.07, 6.45) is -4.96. The molecule has 2 aromatic carbocycles. The number of carbonyl (C=O) groups is 1. The first-order valence-electron chi connectivity index (χ1n) is 7.88. The summed E-state index contributed by atoms with van der Waals surface area (Å²) in [4.78, 5) is 11.9. The molecule has 0 fully saturated rings. The van der Waals surface area contributed by atoms with Crippen LogP contribution in [-0.4, -0.2) is 27.5 Å². The third-order valence-electron chi connectivity index (χ3n) is 3.68. The first-order chi connectivity index (χ1) is 13.3. The zero-order valence-corrected chi connectivity index (χ0v) is 16.5. The van der Waals surface area contributed by atoms with Crippen LogP contribution in [0.1, 0.15) is 12.5 Å². The molecule has 0 spiro atoms. The predicted molar refractivity (Wildman–Crippen MR) is 97.8 cm³/mol. The maximum absolute atomic E-state index is 13.3. The predicted octanol–water partition coefficient (Wildman–Crippen LogP) is 3.81. The van der Waals surface area contributed by atoms with Crippen LogP contribution in [0.3, 0.4) is 0 Å². The lowest BCUT2D eigenvalue weighted by molar-refractivity contribution is -0.140. The lowest BCUT2D eigenvalue weighted by Gasteiger charge is -2.17. The van der Waals surface area contributed by atoms with E-state index in [0.717, 1.165) is 12.1 Å². The van der Waals surface area contributed by atoms with E-state index >= 15 is 0 Å². The summed E-state index contributed by atoms with van der Waals surface area (Å²) < 4.78 is 83.7. The zero-order chi connectivity index (χ0) is 22.0. The molecule has 0 saturated heterocycles. The molecule has 0 radical (unpaired) electrons. The molecule has 0 aromatic heterocycles. The molecule has 2 N–H and O–H groups in total. The standard InChI is InChI=1S/C17H15ClF4N2O4S/c1-9(24-29(26,27)15-7-10(18)3-6-14(15)28-2)16(25)23-11-4-5-13(19)12(8-11)17(20,21)22/h3-9,24H,1-2H3,(H,23,25)/t9-/m0/s1. The maximum Gasteiger partial charge on any atom is 0.419 e. The molecule has 1 atom stereocenters. The van der Waals surface area contributed by atoms with Crippen molar-refractivity contribution in [1.82, 2.24) is 4.72 Å². The van der Waals surface area contributed by atoms with Crippen molar-refractivity contribution in [2.75, 3.05) is 12.4 Å². The van der Waals surface area contributed by atoms with Gasteiger partial charge in [0.2, 0.25) is 15.9 Å². The quantitative estimate of drug-likeness (QED) is 0.650. The van der Waals surface area contributed by atoms with Gasteiger partial charge in [-0.05, 0) is 43.3 Å². The molecule has 6 nitrogen and oxygen atoms in total. The molecule has 2 rings (SSSR count). The van der Waals surface area contributed by atoms with Gasteiger partial charge in [0.05, 0.1) is 18.7 Å². The van der Waals surface area contributed by atoms with Gasteiger partial charge in [-0.2, -0.15) is 17.9 Å². The first kappa shape index (κ1) is 22.9. The maximum atomic E-state index is 13.3. The fourth-order valence-electron chi connectivity index (χ4n) is 2.28. The number of alkyl halides is 3. The molecular weight excluding hydrogens is 440 g/mol. The number of nitrogens with one attached hydrogen (secondary N) is 2. The molecule has 1 amide bonds. The molecule has 0 unspecified atom stereocenters. The molecule has 0 saturated carbocycles. The number of anilines is 1. The van der Waals surface area contributed by atoms with E-state index in [1.807, 2.05) is 0 Å². The second kappa shape index (κ2) is 8.56. The smallest absolute Gasteiger partial charge is 0.419 e. The Kier molecular flexibility index (Phi) is 6.76. The highest BCUT2D eigenvalue weighted by molar-refractivity contribution is 7.89. The molecule has 158 valence electrons. The number of sulfonamides is 1. The number of rotatable bonds is 6. The first-order valence-corrected chi connectivity index (χ1v) is 9.74. The lowest BCUT2D eigenvalue weighted by atomic mass is 10.1. The molecule has 29 heavy (non-hydrogen) atoms. The van der Waals surface area contributed by atoms with Crippen LogP contribution in [0.25, 0.3) is 0 Å². The number of hydrogen-bond acceptors (Lipinski definition) is 4. The topological polar surface area (TPSA) is 84.5 Å². The van der Waals surface area contributed by atoms with Gasteiger partial charge in [0.25, 0.3) is 0 Å². The Hall–Kier alpha value is -2.37. The molecule has 12 heteroatoms. The van der Waals surface area contributed by atoms with Crippen molar-refractivity contribution in [3.63, 3.8) is 0 Å². The van der Waals surface area contributed by atoms with Gasteiger partial charge >= 0.3 is 6.18 Å². The fraction of sp³-hybridized carbons (Fsp3) is 0.235. The van der Waals surface area contributed by atoms with Crippen LogP contribution in [0, 0.1) is 5.82 Å². The van der Waals surface area contributed by atoms with Gasteiger partial charge in [0.15, 0.2) is 0 Å². The van der Waals surface area contributed by atoms with Crippen LogP contribution in [0.15, 0.2) is 41.3 Å². The summed E-state index contributed by atoms with van der Waals surface area (Å²) in [5.74, 6) is -2.49. The number of methoxy groups -OCH3 is 1. The molecule has 0 aliphatic heterocycles. The monoisotopic (exact) mass is 454 g/mol. The lowest BCUT2D eigenvalue weighted by Crippen LogP contribution is -2.41. The van der Waals surface area contributed by atoms with Crippen LogP contribution in [0.4, 0.5) is 23.2 Å². The third kappa shape index (κ3) is 5.58. The van der Waals surface area contributed by atoms with E-state index in [2.05, 4.69) is 10.0 Å². The largest absolute Gasteiger partial charge is 0.495 e. The Bertz CT molecular complexity index is 1030. The Morgan fingerprint density at radius 1 is 1.17 bits per heavy atom. The normalized spacial score (nSPS) is 13.1. The van der Waals surface area contributed by atoms with E-state index in [1.165, 1.54) is 26.2 Å². The Balaban J connectivity index is 2.20. The molecule has 0 aliphatic rings. The van der Waals surface area contributed by atoms with E-state index in [4.69, 9.17) is 16.3 Å². The van der Waals surface area contributed by atoms with Crippen molar-refractivity contribution in [3.05, 3.63) is 52.8 Å². The zero-order valence-electron chi connectivity index (χ0n) is 15.0. The molecule has 2 aromatic rings. The van der Waals surface area contributed by atoms with Crippen LogP contribution in [-0.2, 0) is 21.0 Å². The van der Waals surface area contributed by atoms with Crippen LogP contribution < -0.4 is 14.8 Å². The van der Waals surface area contributed by atoms with Gasteiger partial charge in [-0.15, -0.1) is 0 Å². The second-order valence-electron chi connectivity index (χ2n) is 5.82. The number of benzene rings is 2. The average Bonchev–Trinajstić information content (AvgIpc) is 2.61. The van der Waals surface area contributed by atoms with E-state index in [9.17, 15) is 30.8 Å². The van der Waals surface area contributed by atoms with E-state index in [1.54, 1.807) is 0 Å².